The minimum Gasteiger partial charge on any atom is -0.120 e. The van der Waals surface area contributed by atoms with Gasteiger partial charge in [-0.25, -0.2) is 0 Å². The highest BCUT2D eigenvalue weighted by Gasteiger charge is 2.14. The number of halogens is 1. The molecule has 0 spiro atoms. The minimum absolute atomic E-state index is 0.184. The molecular weight excluding hydrogens is 144 g/mol. The van der Waals surface area contributed by atoms with Crippen LogP contribution in [-0.4, -0.2) is 4.87 Å². The monoisotopic (exact) mass is 158 g/mol. The van der Waals surface area contributed by atoms with Gasteiger partial charge >= 0.3 is 0 Å². The first-order valence-electron chi connectivity index (χ1n) is 3.35. The lowest BCUT2D eigenvalue weighted by Crippen LogP contribution is -2.10. The van der Waals surface area contributed by atoms with Gasteiger partial charge in [0.25, 0.3) is 0 Å². The van der Waals surface area contributed by atoms with Crippen molar-refractivity contribution in [3.05, 3.63) is 24.3 Å². The highest BCUT2D eigenvalue weighted by Crippen LogP contribution is 2.24. The SMILES string of the molecule is C=C(C)C(=C)CC(C)(C)Cl. The van der Waals surface area contributed by atoms with Crippen molar-refractivity contribution in [2.75, 3.05) is 0 Å². The van der Waals surface area contributed by atoms with Crippen LogP contribution < -0.4 is 0 Å². The van der Waals surface area contributed by atoms with Crippen LogP contribution in [0.1, 0.15) is 27.2 Å². The van der Waals surface area contributed by atoms with Gasteiger partial charge in [0.05, 0.1) is 0 Å². The van der Waals surface area contributed by atoms with E-state index in [4.69, 9.17) is 11.6 Å². The van der Waals surface area contributed by atoms with E-state index in [2.05, 4.69) is 13.2 Å². The van der Waals surface area contributed by atoms with E-state index in [0.29, 0.717) is 0 Å². The molecule has 0 atom stereocenters. The average Bonchev–Trinajstić information content (AvgIpc) is 1.60. The Hall–Kier alpha value is -0.230. The molecule has 10 heavy (non-hydrogen) atoms. The van der Waals surface area contributed by atoms with Crippen LogP contribution in [0.15, 0.2) is 24.3 Å². The fourth-order valence-electron chi connectivity index (χ4n) is 0.658. The highest BCUT2D eigenvalue weighted by molar-refractivity contribution is 6.23. The molecule has 58 valence electrons. The Morgan fingerprint density at radius 1 is 1.40 bits per heavy atom. The minimum atomic E-state index is -0.184. The molecule has 0 amide bonds. The van der Waals surface area contributed by atoms with Crippen molar-refractivity contribution in [1.29, 1.82) is 0 Å². The standard InChI is InChI=1S/C9H15Cl/c1-7(2)8(3)6-9(4,5)10/h1,3,6H2,2,4-5H3. The molecule has 0 N–H and O–H groups in total. The van der Waals surface area contributed by atoms with Gasteiger partial charge in [0.2, 0.25) is 0 Å². The van der Waals surface area contributed by atoms with Crippen LogP contribution in [0, 0.1) is 0 Å². The smallest absolute Gasteiger partial charge is 0.0430 e. The van der Waals surface area contributed by atoms with E-state index in [0.717, 1.165) is 17.6 Å². The van der Waals surface area contributed by atoms with Crippen LogP contribution in [0.5, 0.6) is 0 Å². The lowest BCUT2D eigenvalue weighted by molar-refractivity contribution is 0.693. The fraction of sp³-hybridized carbons (Fsp3) is 0.556. The summed E-state index contributed by atoms with van der Waals surface area (Å²) in [7, 11) is 0. The maximum atomic E-state index is 5.97. The molecule has 0 saturated carbocycles. The Labute approximate surface area is 68.6 Å². The van der Waals surface area contributed by atoms with Gasteiger partial charge in [-0.2, -0.15) is 0 Å². The van der Waals surface area contributed by atoms with E-state index < -0.39 is 0 Å². The third-order valence-corrected chi connectivity index (χ3v) is 1.37. The molecule has 0 aliphatic carbocycles. The van der Waals surface area contributed by atoms with Crippen LogP contribution >= 0.6 is 11.6 Å². The second kappa shape index (κ2) is 3.25. The van der Waals surface area contributed by atoms with Crippen LogP contribution in [-0.2, 0) is 0 Å². The van der Waals surface area contributed by atoms with E-state index >= 15 is 0 Å². The van der Waals surface area contributed by atoms with E-state index in [1.54, 1.807) is 0 Å². The molecule has 0 rings (SSSR count). The molecule has 1 heteroatoms. The van der Waals surface area contributed by atoms with Crippen molar-refractivity contribution >= 4 is 11.6 Å². The zero-order valence-corrected chi connectivity index (χ0v) is 7.76. The summed E-state index contributed by atoms with van der Waals surface area (Å²) in [6, 6.07) is 0. The molecule has 0 aromatic carbocycles. The second-order valence-corrected chi connectivity index (χ2v) is 4.30. The largest absolute Gasteiger partial charge is 0.120 e. The second-order valence-electron chi connectivity index (χ2n) is 3.28. The normalized spacial score (nSPS) is 11.2. The summed E-state index contributed by atoms with van der Waals surface area (Å²) < 4.78 is 0. The molecular formula is C9H15Cl. The van der Waals surface area contributed by atoms with Crippen molar-refractivity contribution in [2.24, 2.45) is 0 Å². The molecule has 0 aromatic heterocycles. The van der Waals surface area contributed by atoms with Crippen molar-refractivity contribution in [3.8, 4) is 0 Å². The first-order valence-corrected chi connectivity index (χ1v) is 3.73. The summed E-state index contributed by atoms with van der Waals surface area (Å²) >= 11 is 5.97. The van der Waals surface area contributed by atoms with Gasteiger partial charge in [-0.1, -0.05) is 24.3 Å². The average molecular weight is 159 g/mol. The van der Waals surface area contributed by atoms with Gasteiger partial charge in [-0.15, -0.1) is 11.6 Å². The van der Waals surface area contributed by atoms with E-state index in [1.165, 1.54) is 0 Å². The maximum Gasteiger partial charge on any atom is 0.0430 e. The predicted octanol–water partition coefficient (Wildman–Crippen LogP) is 3.53. The predicted molar refractivity (Wildman–Crippen MR) is 48.5 cm³/mol. The maximum absolute atomic E-state index is 5.97. The summed E-state index contributed by atoms with van der Waals surface area (Å²) in [4.78, 5) is -0.184. The van der Waals surface area contributed by atoms with E-state index in [9.17, 15) is 0 Å². The summed E-state index contributed by atoms with van der Waals surface area (Å²) in [5, 5.41) is 0. The summed E-state index contributed by atoms with van der Waals surface area (Å²) in [5.41, 5.74) is 2.06. The van der Waals surface area contributed by atoms with Crippen LogP contribution in [0.2, 0.25) is 0 Å². The van der Waals surface area contributed by atoms with Crippen LogP contribution in [0.4, 0.5) is 0 Å². The molecule has 0 unspecified atom stereocenters. The van der Waals surface area contributed by atoms with Gasteiger partial charge in [0.1, 0.15) is 0 Å². The molecule has 0 radical (unpaired) electrons. The Morgan fingerprint density at radius 3 is 1.90 bits per heavy atom. The van der Waals surface area contributed by atoms with Crippen LogP contribution in [0.3, 0.4) is 0 Å². The van der Waals surface area contributed by atoms with Gasteiger partial charge in [-0.05, 0) is 27.2 Å². The van der Waals surface area contributed by atoms with Gasteiger partial charge in [-0.3, -0.25) is 0 Å². The Kier molecular flexibility index (Phi) is 3.17. The Morgan fingerprint density at radius 2 is 1.80 bits per heavy atom. The number of hydrogen-bond donors (Lipinski definition) is 0. The molecule has 0 heterocycles. The van der Waals surface area contributed by atoms with E-state index in [1.807, 2.05) is 20.8 Å². The van der Waals surface area contributed by atoms with Crippen molar-refractivity contribution in [3.63, 3.8) is 0 Å². The molecule has 0 saturated heterocycles. The van der Waals surface area contributed by atoms with Gasteiger partial charge in [0, 0.05) is 4.87 Å². The number of allylic oxidation sites excluding steroid dienone is 2. The number of alkyl halides is 1. The van der Waals surface area contributed by atoms with Crippen molar-refractivity contribution in [2.45, 2.75) is 32.1 Å². The highest BCUT2D eigenvalue weighted by atomic mass is 35.5. The molecule has 0 aliphatic rings. The molecule has 0 aromatic rings. The van der Waals surface area contributed by atoms with Gasteiger partial charge < -0.3 is 0 Å². The topological polar surface area (TPSA) is 0 Å². The Balaban J connectivity index is 3.93. The third-order valence-electron chi connectivity index (χ3n) is 1.24. The third kappa shape index (κ3) is 4.63. The molecule has 0 aliphatic heterocycles. The first-order chi connectivity index (χ1) is 4.33. The first kappa shape index (κ1) is 9.77. The number of hydrogen-bond acceptors (Lipinski definition) is 0. The number of rotatable bonds is 3. The van der Waals surface area contributed by atoms with Crippen molar-refractivity contribution < 1.29 is 0 Å². The summed E-state index contributed by atoms with van der Waals surface area (Å²) in [5.74, 6) is 0. The zero-order chi connectivity index (χ0) is 8.36. The van der Waals surface area contributed by atoms with Crippen molar-refractivity contribution in [1.82, 2.24) is 0 Å². The molecule has 0 fully saturated rings. The summed E-state index contributed by atoms with van der Waals surface area (Å²) in [6.45, 7) is 13.5. The van der Waals surface area contributed by atoms with Gasteiger partial charge in [0.15, 0.2) is 0 Å². The Bertz CT molecular complexity index is 149. The lowest BCUT2D eigenvalue weighted by Gasteiger charge is -2.16. The summed E-state index contributed by atoms with van der Waals surface area (Å²) in [6.07, 6.45) is 0.809. The zero-order valence-electron chi connectivity index (χ0n) is 7.00. The quantitative estimate of drug-likeness (QED) is 0.436. The molecule has 0 bridgehead atoms. The molecule has 0 nitrogen and oxygen atoms in total. The van der Waals surface area contributed by atoms with Crippen LogP contribution in [0.25, 0.3) is 0 Å². The lowest BCUT2D eigenvalue weighted by atomic mass is 9.99. The fourth-order valence-corrected chi connectivity index (χ4v) is 0.820. The van der Waals surface area contributed by atoms with E-state index in [-0.39, 0.29) is 4.87 Å².